The van der Waals surface area contributed by atoms with Crippen LogP contribution in [0.2, 0.25) is 0 Å². The summed E-state index contributed by atoms with van der Waals surface area (Å²) in [5.74, 6) is 0. The molecule has 8 aromatic carbocycles. The third kappa shape index (κ3) is 4.93. The monoisotopic (exact) mass is 668 g/mol. The lowest BCUT2D eigenvalue weighted by Crippen LogP contribution is -2.10. The Morgan fingerprint density at radius 3 is 1.80 bits per heavy atom. The zero-order valence-electron chi connectivity index (χ0n) is 27.8. The normalized spacial score (nSPS) is 11.5. The third-order valence-corrected chi connectivity index (χ3v) is 11.1. The summed E-state index contributed by atoms with van der Waals surface area (Å²) in [6, 6.07) is 70.4. The molecule has 2 nitrogen and oxygen atoms in total. The molecule has 10 rings (SSSR count). The van der Waals surface area contributed by atoms with Crippen molar-refractivity contribution in [3.05, 3.63) is 194 Å². The summed E-state index contributed by atoms with van der Waals surface area (Å²) < 4.78 is 5.03. The molecule has 0 amide bonds. The van der Waals surface area contributed by atoms with Crippen LogP contribution in [0.4, 0.5) is 17.1 Å². The average molecular weight is 669 g/mol. The Hall–Kier alpha value is -6.42. The Morgan fingerprint density at radius 2 is 1.00 bits per heavy atom. The van der Waals surface area contributed by atoms with Crippen LogP contribution >= 0.6 is 11.3 Å². The van der Waals surface area contributed by atoms with Gasteiger partial charge in [0.05, 0.1) is 16.7 Å². The van der Waals surface area contributed by atoms with Crippen molar-refractivity contribution in [2.45, 2.75) is 0 Å². The number of benzene rings is 8. The first kappa shape index (κ1) is 29.5. The molecule has 0 unspecified atom stereocenters. The van der Waals surface area contributed by atoms with Gasteiger partial charge < -0.3 is 9.47 Å². The zero-order valence-corrected chi connectivity index (χ0v) is 28.6. The van der Waals surface area contributed by atoms with Crippen LogP contribution in [0.25, 0.3) is 69.9 Å². The maximum absolute atomic E-state index is 2.47. The lowest BCUT2D eigenvalue weighted by Gasteiger charge is -2.27. The summed E-state index contributed by atoms with van der Waals surface area (Å²) in [5.41, 5.74) is 11.7. The molecule has 0 spiro atoms. The first-order chi connectivity index (χ1) is 25.3. The summed E-state index contributed by atoms with van der Waals surface area (Å²) in [6.45, 7) is 0. The summed E-state index contributed by atoms with van der Waals surface area (Å²) in [6.07, 6.45) is 0. The van der Waals surface area contributed by atoms with Crippen molar-refractivity contribution in [1.82, 2.24) is 4.57 Å². The topological polar surface area (TPSA) is 8.17 Å². The predicted octanol–water partition coefficient (Wildman–Crippen LogP) is 14.0. The van der Waals surface area contributed by atoms with Crippen LogP contribution in [0.3, 0.4) is 0 Å². The minimum atomic E-state index is 1.11. The van der Waals surface area contributed by atoms with Crippen molar-refractivity contribution in [1.29, 1.82) is 0 Å². The number of para-hydroxylation sites is 1. The number of nitrogens with zero attached hydrogens (tertiary/aromatic N) is 2. The molecule has 10 aromatic rings. The van der Waals surface area contributed by atoms with Gasteiger partial charge in [-0.15, -0.1) is 11.3 Å². The van der Waals surface area contributed by atoms with Gasteiger partial charge in [0.15, 0.2) is 0 Å². The molecule has 2 heterocycles. The summed E-state index contributed by atoms with van der Waals surface area (Å²) in [5, 5.41) is 5.03. The second kappa shape index (κ2) is 12.2. The molecule has 0 atom stereocenters. The molecule has 0 saturated heterocycles. The van der Waals surface area contributed by atoms with Crippen molar-refractivity contribution >= 4 is 70.4 Å². The quantitative estimate of drug-likeness (QED) is 0.171. The summed E-state index contributed by atoms with van der Waals surface area (Å²) in [7, 11) is 0. The van der Waals surface area contributed by atoms with Gasteiger partial charge in [0, 0.05) is 48.0 Å². The molecule has 3 heteroatoms. The first-order valence-corrected chi connectivity index (χ1v) is 18.2. The zero-order chi connectivity index (χ0) is 33.7. The molecule has 0 aliphatic rings. The van der Waals surface area contributed by atoms with Crippen LogP contribution in [0.5, 0.6) is 0 Å². The smallest absolute Gasteiger partial charge is 0.0562 e. The number of anilines is 3. The molecule has 0 aliphatic carbocycles. The predicted molar refractivity (Wildman–Crippen MR) is 219 cm³/mol. The Bertz CT molecular complexity index is 2850. The van der Waals surface area contributed by atoms with E-state index in [1.165, 1.54) is 64.2 Å². The van der Waals surface area contributed by atoms with Crippen LogP contribution in [0, 0.1) is 0 Å². The maximum Gasteiger partial charge on any atom is 0.0562 e. The summed E-state index contributed by atoms with van der Waals surface area (Å²) in [4.78, 5) is 2.47. The Morgan fingerprint density at radius 1 is 0.392 bits per heavy atom. The number of rotatable bonds is 6. The Kier molecular flexibility index (Phi) is 7.04. The number of hydrogen-bond donors (Lipinski definition) is 0. The van der Waals surface area contributed by atoms with E-state index in [9.17, 15) is 0 Å². The van der Waals surface area contributed by atoms with Gasteiger partial charge in [0.1, 0.15) is 0 Å². The number of fused-ring (bicyclic) bond motifs is 6. The van der Waals surface area contributed by atoms with Crippen LogP contribution < -0.4 is 4.90 Å². The fraction of sp³-hybridized carbons (Fsp3) is 0. The molecular weight excluding hydrogens is 637 g/mol. The number of thiophene rings is 1. The standard InChI is InChI=1S/C48H32N2S/c1-4-15-33(16-5-1)35-19-12-22-37(31-35)49(38-29-30-46-41(32-38)40-23-10-11-28-45(40)51-46)43-26-14-27-44-48(43)47-39(34-17-6-2-7-18-34)24-13-25-42(47)50(44)36-20-8-3-9-21-36/h1-32H. The first-order valence-electron chi connectivity index (χ1n) is 17.4. The van der Waals surface area contributed by atoms with Crippen molar-refractivity contribution in [2.24, 2.45) is 0 Å². The van der Waals surface area contributed by atoms with E-state index in [1.54, 1.807) is 0 Å². The van der Waals surface area contributed by atoms with E-state index < -0.39 is 0 Å². The van der Waals surface area contributed by atoms with E-state index in [4.69, 9.17) is 0 Å². The largest absolute Gasteiger partial charge is 0.310 e. The molecule has 2 aromatic heterocycles. The fourth-order valence-corrected chi connectivity index (χ4v) is 8.81. The third-order valence-electron chi connectivity index (χ3n) is 9.96. The highest BCUT2D eigenvalue weighted by molar-refractivity contribution is 7.25. The van der Waals surface area contributed by atoms with Gasteiger partial charge in [0.2, 0.25) is 0 Å². The van der Waals surface area contributed by atoms with Gasteiger partial charge in [0.25, 0.3) is 0 Å². The average Bonchev–Trinajstić information content (AvgIpc) is 3.75. The van der Waals surface area contributed by atoms with Crippen molar-refractivity contribution < 1.29 is 0 Å². The highest BCUT2D eigenvalue weighted by atomic mass is 32.1. The minimum absolute atomic E-state index is 1.11. The van der Waals surface area contributed by atoms with E-state index in [2.05, 4.69) is 204 Å². The van der Waals surface area contributed by atoms with E-state index >= 15 is 0 Å². The van der Waals surface area contributed by atoms with Crippen molar-refractivity contribution in [3.8, 4) is 27.9 Å². The molecule has 0 N–H and O–H groups in total. The van der Waals surface area contributed by atoms with E-state index in [0.29, 0.717) is 0 Å². The molecule has 0 radical (unpaired) electrons. The molecule has 240 valence electrons. The van der Waals surface area contributed by atoms with E-state index in [0.717, 1.165) is 22.7 Å². The van der Waals surface area contributed by atoms with Crippen molar-refractivity contribution in [2.75, 3.05) is 4.90 Å². The number of hydrogen-bond acceptors (Lipinski definition) is 2. The van der Waals surface area contributed by atoms with Gasteiger partial charge >= 0.3 is 0 Å². The highest BCUT2D eigenvalue weighted by Gasteiger charge is 2.24. The fourth-order valence-electron chi connectivity index (χ4n) is 7.73. The molecule has 0 fully saturated rings. The van der Waals surface area contributed by atoms with Gasteiger partial charge in [-0.25, -0.2) is 0 Å². The molecular formula is C48H32N2S. The van der Waals surface area contributed by atoms with Gasteiger partial charge in [-0.3, -0.25) is 0 Å². The molecule has 51 heavy (non-hydrogen) atoms. The van der Waals surface area contributed by atoms with Gasteiger partial charge in [-0.1, -0.05) is 127 Å². The highest BCUT2D eigenvalue weighted by Crippen LogP contribution is 2.48. The second-order valence-electron chi connectivity index (χ2n) is 12.9. The Labute approximate surface area is 300 Å². The van der Waals surface area contributed by atoms with E-state index in [1.807, 2.05) is 11.3 Å². The van der Waals surface area contributed by atoms with Crippen LogP contribution in [-0.2, 0) is 0 Å². The van der Waals surface area contributed by atoms with Gasteiger partial charge in [-0.05, 0) is 89.0 Å². The lowest BCUT2D eigenvalue weighted by molar-refractivity contribution is 1.18. The minimum Gasteiger partial charge on any atom is -0.310 e. The molecule has 0 aliphatic heterocycles. The van der Waals surface area contributed by atoms with Crippen LogP contribution in [-0.4, -0.2) is 4.57 Å². The number of aromatic nitrogens is 1. The van der Waals surface area contributed by atoms with Crippen LogP contribution in [0.1, 0.15) is 0 Å². The second-order valence-corrected chi connectivity index (χ2v) is 14.0. The van der Waals surface area contributed by atoms with E-state index in [-0.39, 0.29) is 0 Å². The SMILES string of the molecule is c1ccc(-c2cccc(N(c3ccc4sc5ccccc5c4c3)c3cccc4c3c3c(-c5ccccc5)cccc3n4-c3ccccc3)c2)cc1. The molecule has 0 bridgehead atoms. The lowest BCUT2D eigenvalue weighted by atomic mass is 9.98. The van der Waals surface area contributed by atoms with Crippen LogP contribution in [0.15, 0.2) is 194 Å². The van der Waals surface area contributed by atoms with Gasteiger partial charge in [-0.2, -0.15) is 0 Å². The Balaban J connectivity index is 1.32. The molecule has 0 saturated carbocycles. The van der Waals surface area contributed by atoms with Crippen molar-refractivity contribution in [3.63, 3.8) is 0 Å². The summed E-state index contributed by atoms with van der Waals surface area (Å²) >= 11 is 1.86. The maximum atomic E-state index is 2.47.